The van der Waals surface area contributed by atoms with Gasteiger partial charge in [-0.25, -0.2) is 9.97 Å². The van der Waals surface area contributed by atoms with E-state index in [9.17, 15) is 4.79 Å². The Morgan fingerprint density at radius 3 is 2.84 bits per heavy atom. The number of aromatic amines is 1. The molecule has 0 bridgehead atoms. The van der Waals surface area contributed by atoms with Crippen molar-refractivity contribution in [2.24, 2.45) is 0 Å². The average molecular weight is 337 g/mol. The lowest BCUT2D eigenvalue weighted by molar-refractivity contribution is 0.0938. The van der Waals surface area contributed by atoms with E-state index in [2.05, 4.69) is 37.7 Å². The first-order valence-electron chi connectivity index (χ1n) is 8.48. The number of rotatable bonds is 6. The van der Waals surface area contributed by atoms with Crippen molar-refractivity contribution in [1.82, 2.24) is 20.3 Å². The normalized spacial score (nSPS) is 11.0. The minimum Gasteiger partial charge on any atom is -0.361 e. The number of carbonyl (C=O) groups excluding carboxylic acids is 1. The summed E-state index contributed by atoms with van der Waals surface area (Å²) >= 11 is 0. The summed E-state index contributed by atoms with van der Waals surface area (Å²) in [5, 5.41) is 7.30. The van der Waals surface area contributed by atoms with E-state index >= 15 is 0 Å². The second kappa shape index (κ2) is 7.34. The van der Waals surface area contributed by atoms with Crippen LogP contribution in [-0.4, -0.2) is 33.4 Å². The third-order valence-electron chi connectivity index (χ3n) is 3.86. The fraction of sp³-hybridized carbons (Fsp3) is 0.316. The lowest BCUT2D eigenvalue weighted by Gasteiger charge is -2.10. The number of nitrogens with one attached hydrogen (secondary N) is 3. The summed E-state index contributed by atoms with van der Waals surface area (Å²) in [5.74, 6) is 0.300. The van der Waals surface area contributed by atoms with Crippen molar-refractivity contribution in [3.8, 4) is 0 Å². The molecule has 0 spiro atoms. The van der Waals surface area contributed by atoms with Crippen LogP contribution in [0.25, 0.3) is 10.9 Å². The smallest absolute Gasteiger partial charge is 0.270 e. The average Bonchev–Trinajstić information content (AvgIpc) is 2.97. The second-order valence-corrected chi connectivity index (χ2v) is 6.38. The van der Waals surface area contributed by atoms with Crippen LogP contribution in [-0.2, 0) is 6.42 Å². The quantitative estimate of drug-likeness (QED) is 0.645. The van der Waals surface area contributed by atoms with E-state index in [0.717, 1.165) is 17.6 Å². The van der Waals surface area contributed by atoms with E-state index in [1.54, 1.807) is 6.07 Å². The molecule has 2 aromatic heterocycles. The van der Waals surface area contributed by atoms with E-state index in [1.807, 2.05) is 39.1 Å². The molecule has 3 N–H and O–H groups in total. The summed E-state index contributed by atoms with van der Waals surface area (Å²) in [4.78, 5) is 24.1. The molecule has 0 aliphatic rings. The molecule has 3 aromatic rings. The predicted molar refractivity (Wildman–Crippen MR) is 99.9 cm³/mol. The molecular weight excluding hydrogens is 314 g/mol. The number of H-pyrrole nitrogens is 1. The summed E-state index contributed by atoms with van der Waals surface area (Å²) in [6.45, 7) is 6.40. The van der Waals surface area contributed by atoms with Crippen LogP contribution in [0.15, 0.2) is 36.5 Å². The Bertz CT molecular complexity index is 884. The van der Waals surface area contributed by atoms with Gasteiger partial charge in [0.2, 0.25) is 5.95 Å². The molecule has 0 fully saturated rings. The highest BCUT2D eigenvalue weighted by Gasteiger charge is 2.11. The zero-order valence-corrected chi connectivity index (χ0v) is 14.8. The molecular formula is C19H23N5O. The van der Waals surface area contributed by atoms with E-state index < -0.39 is 0 Å². The molecule has 0 unspecified atom stereocenters. The molecule has 2 heterocycles. The fourth-order valence-corrected chi connectivity index (χ4v) is 2.75. The first kappa shape index (κ1) is 17.0. The number of hydrogen-bond donors (Lipinski definition) is 3. The molecule has 6 nitrogen and oxygen atoms in total. The second-order valence-electron chi connectivity index (χ2n) is 6.38. The maximum Gasteiger partial charge on any atom is 0.270 e. The van der Waals surface area contributed by atoms with Crippen LogP contribution >= 0.6 is 0 Å². The van der Waals surface area contributed by atoms with Crippen molar-refractivity contribution in [3.63, 3.8) is 0 Å². The standard InChI is InChI=1S/C19H23N5O/c1-12(2)22-18(25)17-10-13(3)23-19(24-17)20-9-8-14-11-21-16-7-5-4-6-15(14)16/h4-7,10-12,21H,8-9H2,1-3H3,(H,22,25)(H,20,23,24). The van der Waals surface area contributed by atoms with Crippen molar-refractivity contribution in [2.75, 3.05) is 11.9 Å². The van der Waals surface area contributed by atoms with Gasteiger partial charge < -0.3 is 15.6 Å². The lowest BCUT2D eigenvalue weighted by Crippen LogP contribution is -2.31. The van der Waals surface area contributed by atoms with Gasteiger partial charge in [0.25, 0.3) is 5.91 Å². The summed E-state index contributed by atoms with van der Waals surface area (Å²) < 4.78 is 0. The molecule has 6 heteroatoms. The van der Waals surface area contributed by atoms with Gasteiger partial charge in [-0.15, -0.1) is 0 Å². The van der Waals surface area contributed by atoms with Gasteiger partial charge in [0, 0.05) is 35.4 Å². The molecule has 0 saturated carbocycles. The van der Waals surface area contributed by atoms with Crippen LogP contribution in [0.2, 0.25) is 0 Å². The van der Waals surface area contributed by atoms with Crippen LogP contribution in [0.3, 0.4) is 0 Å². The minimum atomic E-state index is -0.180. The molecule has 25 heavy (non-hydrogen) atoms. The third-order valence-corrected chi connectivity index (χ3v) is 3.86. The van der Waals surface area contributed by atoms with Crippen molar-refractivity contribution in [1.29, 1.82) is 0 Å². The van der Waals surface area contributed by atoms with Gasteiger partial charge in [-0.05, 0) is 44.9 Å². The predicted octanol–water partition coefficient (Wildman–Crippen LogP) is 3.06. The highest BCUT2D eigenvalue weighted by Crippen LogP contribution is 2.18. The number of para-hydroxylation sites is 1. The topological polar surface area (TPSA) is 82.7 Å². The van der Waals surface area contributed by atoms with Gasteiger partial charge >= 0.3 is 0 Å². The Balaban J connectivity index is 1.67. The zero-order valence-electron chi connectivity index (χ0n) is 14.8. The maximum absolute atomic E-state index is 12.1. The molecule has 130 valence electrons. The number of carbonyl (C=O) groups is 1. The number of aromatic nitrogens is 3. The van der Waals surface area contributed by atoms with Crippen molar-refractivity contribution < 1.29 is 4.79 Å². The van der Waals surface area contributed by atoms with E-state index in [1.165, 1.54) is 10.9 Å². The third kappa shape index (κ3) is 4.15. The Morgan fingerprint density at radius 2 is 2.04 bits per heavy atom. The van der Waals surface area contributed by atoms with Crippen molar-refractivity contribution in [3.05, 3.63) is 53.5 Å². The van der Waals surface area contributed by atoms with Crippen LogP contribution in [0.1, 0.15) is 35.6 Å². The highest BCUT2D eigenvalue weighted by molar-refractivity contribution is 5.92. The molecule has 0 radical (unpaired) electrons. The minimum absolute atomic E-state index is 0.0704. The molecule has 0 aliphatic heterocycles. The number of fused-ring (bicyclic) bond motifs is 1. The SMILES string of the molecule is Cc1cc(C(=O)NC(C)C)nc(NCCc2c[nH]c3ccccc23)n1. The van der Waals surface area contributed by atoms with Gasteiger partial charge in [-0.1, -0.05) is 18.2 Å². The van der Waals surface area contributed by atoms with E-state index in [4.69, 9.17) is 0 Å². The van der Waals surface area contributed by atoms with Gasteiger partial charge in [0.05, 0.1) is 0 Å². The van der Waals surface area contributed by atoms with Gasteiger partial charge in [0.15, 0.2) is 0 Å². The number of amides is 1. The Labute approximate surface area is 147 Å². The first-order chi connectivity index (χ1) is 12.0. The Morgan fingerprint density at radius 1 is 1.24 bits per heavy atom. The van der Waals surface area contributed by atoms with Crippen LogP contribution in [0.4, 0.5) is 5.95 Å². The van der Waals surface area contributed by atoms with Crippen molar-refractivity contribution >= 4 is 22.8 Å². The Kier molecular flexibility index (Phi) is 4.97. The van der Waals surface area contributed by atoms with Crippen molar-refractivity contribution in [2.45, 2.75) is 33.2 Å². The fourth-order valence-electron chi connectivity index (χ4n) is 2.75. The summed E-state index contributed by atoms with van der Waals surface area (Å²) in [5.41, 5.74) is 3.53. The molecule has 0 atom stereocenters. The number of nitrogens with zero attached hydrogens (tertiary/aromatic N) is 2. The maximum atomic E-state index is 12.1. The number of benzene rings is 1. The van der Waals surface area contributed by atoms with Gasteiger partial charge in [0.1, 0.15) is 5.69 Å². The van der Waals surface area contributed by atoms with Gasteiger partial charge in [-0.3, -0.25) is 4.79 Å². The van der Waals surface area contributed by atoms with Crippen LogP contribution in [0.5, 0.6) is 0 Å². The first-order valence-corrected chi connectivity index (χ1v) is 8.48. The summed E-state index contributed by atoms with van der Waals surface area (Å²) in [7, 11) is 0. The van der Waals surface area contributed by atoms with Crippen LogP contribution < -0.4 is 10.6 Å². The molecule has 0 aliphatic carbocycles. The number of anilines is 1. The molecule has 0 saturated heterocycles. The number of aryl methyl sites for hydroxylation is 1. The number of hydrogen-bond acceptors (Lipinski definition) is 4. The Hall–Kier alpha value is -2.89. The van der Waals surface area contributed by atoms with Gasteiger partial charge in [-0.2, -0.15) is 0 Å². The van der Waals surface area contributed by atoms with E-state index in [0.29, 0.717) is 18.2 Å². The highest BCUT2D eigenvalue weighted by atomic mass is 16.1. The summed E-state index contributed by atoms with van der Waals surface area (Å²) in [6, 6.07) is 10.00. The molecule has 1 aromatic carbocycles. The van der Waals surface area contributed by atoms with E-state index in [-0.39, 0.29) is 11.9 Å². The monoisotopic (exact) mass is 337 g/mol. The molecule has 1 amide bonds. The largest absolute Gasteiger partial charge is 0.361 e. The van der Waals surface area contributed by atoms with Crippen LogP contribution in [0, 0.1) is 6.92 Å². The molecule has 3 rings (SSSR count). The summed E-state index contributed by atoms with van der Waals surface area (Å²) in [6.07, 6.45) is 2.87. The lowest BCUT2D eigenvalue weighted by atomic mass is 10.1. The zero-order chi connectivity index (χ0) is 17.8.